The topological polar surface area (TPSA) is 54.9 Å². The molecule has 0 unspecified atom stereocenters. The molecule has 1 amide bonds. The third-order valence-corrected chi connectivity index (χ3v) is 2.08. The van der Waals surface area contributed by atoms with Gasteiger partial charge in [0.05, 0.1) is 12.4 Å². The average molecular weight is 234 g/mol. The second-order valence-corrected chi connectivity index (χ2v) is 3.43. The van der Waals surface area contributed by atoms with Crippen molar-refractivity contribution in [2.45, 2.75) is 0 Å². The molecule has 0 bridgehead atoms. The highest BCUT2D eigenvalue weighted by molar-refractivity contribution is 6.29. The first-order chi connectivity index (χ1) is 7.75. The van der Waals surface area contributed by atoms with Crippen LogP contribution in [-0.2, 0) is 0 Å². The van der Waals surface area contributed by atoms with Crippen LogP contribution in [0.4, 0.5) is 5.69 Å². The number of carbonyl (C=O) groups is 1. The second kappa shape index (κ2) is 4.72. The van der Waals surface area contributed by atoms with E-state index in [1.165, 1.54) is 12.4 Å². The molecule has 80 valence electrons. The average Bonchev–Trinajstić information content (AvgIpc) is 2.31. The van der Waals surface area contributed by atoms with Gasteiger partial charge < -0.3 is 5.32 Å². The lowest BCUT2D eigenvalue weighted by molar-refractivity contribution is 0.102. The molecule has 0 radical (unpaired) electrons. The number of carbonyl (C=O) groups excluding carboxylic acids is 1. The summed E-state index contributed by atoms with van der Waals surface area (Å²) >= 11 is 5.57. The van der Waals surface area contributed by atoms with Gasteiger partial charge in [-0.1, -0.05) is 29.8 Å². The summed E-state index contributed by atoms with van der Waals surface area (Å²) in [6.45, 7) is 0. The summed E-state index contributed by atoms with van der Waals surface area (Å²) < 4.78 is 0. The van der Waals surface area contributed by atoms with Crippen molar-refractivity contribution < 1.29 is 4.79 Å². The summed E-state index contributed by atoms with van der Waals surface area (Å²) in [6, 6.07) is 9.13. The molecule has 0 aliphatic heterocycles. The lowest BCUT2D eigenvalue weighted by Gasteiger charge is -2.03. The maximum absolute atomic E-state index is 11.7. The molecular formula is C11H8ClN3O. The molecule has 1 aromatic carbocycles. The Hall–Kier alpha value is -1.94. The first-order valence-corrected chi connectivity index (χ1v) is 4.97. The van der Waals surface area contributed by atoms with Gasteiger partial charge in [0.1, 0.15) is 10.8 Å². The molecule has 0 aliphatic carbocycles. The van der Waals surface area contributed by atoms with Gasteiger partial charge in [0.25, 0.3) is 5.91 Å². The van der Waals surface area contributed by atoms with Crippen molar-refractivity contribution in [3.05, 3.63) is 53.6 Å². The Kier molecular flexibility index (Phi) is 3.12. The van der Waals surface area contributed by atoms with Gasteiger partial charge in [-0.15, -0.1) is 0 Å². The molecule has 0 aliphatic rings. The Morgan fingerprint density at radius 3 is 2.50 bits per heavy atom. The van der Waals surface area contributed by atoms with Crippen LogP contribution in [0.15, 0.2) is 42.7 Å². The second-order valence-electron chi connectivity index (χ2n) is 3.04. The Morgan fingerprint density at radius 2 is 1.88 bits per heavy atom. The number of aromatic nitrogens is 2. The SMILES string of the molecule is O=C(Nc1ccccc1)c1cnc(Cl)cn1. The highest BCUT2D eigenvalue weighted by atomic mass is 35.5. The van der Waals surface area contributed by atoms with Crippen LogP contribution >= 0.6 is 11.6 Å². The molecule has 5 heteroatoms. The van der Waals surface area contributed by atoms with Crippen LogP contribution in [0.25, 0.3) is 0 Å². The first-order valence-electron chi connectivity index (χ1n) is 4.59. The van der Waals surface area contributed by atoms with E-state index in [1.54, 1.807) is 12.1 Å². The zero-order valence-corrected chi connectivity index (χ0v) is 8.98. The largest absolute Gasteiger partial charge is 0.321 e. The molecule has 0 spiro atoms. The Balaban J connectivity index is 2.12. The van der Waals surface area contributed by atoms with Crippen LogP contribution in [0, 0.1) is 0 Å². The fourth-order valence-corrected chi connectivity index (χ4v) is 1.24. The summed E-state index contributed by atoms with van der Waals surface area (Å²) in [5.74, 6) is -0.310. The van der Waals surface area contributed by atoms with E-state index in [4.69, 9.17) is 11.6 Å². The Morgan fingerprint density at radius 1 is 1.12 bits per heavy atom. The molecule has 16 heavy (non-hydrogen) atoms. The van der Waals surface area contributed by atoms with Gasteiger partial charge in [-0.2, -0.15) is 0 Å². The van der Waals surface area contributed by atoms with E-state index in [9.17, 15) is 4.79 Å². The molecule has 1 heterocycles. The number of rotatable bonds is 2. The number of anilines is 1. The Bertz CT molecular complexity index is 484. The normalized spacial score (nSPS) is 9.81. The van der Waals surface area contributed by atoms with E-state index in [2.05, 4.69) is 15.3 Å². The van der Waals surface area contributed by atoms with Crippen LogP contribution in [0.3, 0.4) is 0 Å². The third kappa shape index (κ3) is 2.55. The highest BCUT2D eigenvalue weighted by Crippen LogP contribution is 2.07. The van der Waals surface area contributed by atoms with Gasteiger partial charge in [0.15, 0.2) is 0 Å². The molecule has 1 N–H and O–H groups in total. The van der Waals surface area contributed by atoms with Crippen molar-refractivity contribution in [3.8, 4) is 0 Å². The molecule has 0 fully saturated rings. The number of amides is 1. The number of nitrogens with one attached hydrogen (secondary N) is 1. The minimum atomic E-state index is -0.310. The maximum Gasteiger partial charge on any atom is 0.275 e. The highest BCUT2D eigenvalue weighted by Gasteiger charge is 2.07. The lowest BCUT2D eigenvalue weighted by atomic mass is 10.3. The van der Waals surface area contributed by atoms with Gasteiger partial charge >= 0.3 is 0 Å². The van der Waals surface area contributed by atoms with Crippen LogP contribution in [-0.4, -0.2) is 15.9 Å². The predicted molar refractivity (Wildman–Crippen MR) is 61.4 cm³/mol. The minimum absolute atomic E-state index is 0.230. The third-order valence-electron chi connectivity index (χ3n) is 1.88. The molecular weight excluding hydrogens is 226 g/mol. The van der Waals surface area contributed by atoms with Gasteiger partial charge in [-0.3, -0.25) is 4.79 Å². The standard InChI is InChI=1S/C11H8ClN3O/c12-10-7-13-9(6-14-10)11(16)15-8-4-2-1-3-5-8/h1-7H,(H,15,16). The lowest BCUT2D eigenvalue weighted by Crippen LogP contribution is -2.13. The van der Waals surface area contributed by atoms with Crippen molar-refractivity contribution >= 4 is 23.2 Å². The predicted octanol–water partition coefficient (Wildman–Crippen LogP) is 2.38. The van der Waals surface area contributed by atoms with E-state index in [0.29, 0.717) is 5.69 Å². The van der Waals surface area contributed by atoms with Crippen molar-refractivity contribution in [2.75, 3.05) is 5.32 Å². The van der Waals surface area contributed by atoms with Gasteiger partial charge in [-0.25, -0.2) is 9.97 Å². The van der Waals surface area contributed by atoms with Crippen LogP contribution in [0.5, 0.6) is 0 Å². The van der Waals surface area contributed by atoms with E-state index in [1.807, 2.05) is 18.2 Å². The molecule has 2 rings (SSSR count). The summed E-state index contributed by atoms with van der Waals surface area (Å²) in [7, 11) is 0. The van der Waals surface area contributed by atoms with Crippen LogP contribution < -0.4 is 5.32 Å². The smallest absolute Gasteiger partial charge is 0.275 e. The quantitative estimate of drug-likeness (QED) is 0.867. The molecule has 0 atom stereocenters. The zero-order chi connectivity index (χ0) is 11.4. The van der Waals surface area contributed by atoms with Crippen LogP contribution in [0.2, 0.25) is 5.15 Å². The molecule has 2 aromatic rings. The van der Waals surface area contributed by atoms with Crippen molar-refractivity contribution in [2.24, 2.45) is 0 Å². The number of hydrogen-bond donors (Lipinski definition) is 1. The van der Waals surface area contributed by atoms with Gasteiger partial charge in [-0.05, 0) is 12.1 Å². The van der Waals surface area contributed by atoms with Gasteiger partial charge in [0, 0.05) is 5.69 Å². The zero-order valence-electron chi connectivity index (χ0n) is 8.22. The number of para-hydroxylation sites is 1. The molecule has 0 saturated heterocycles. The minimum Gasteiger partial charge on any atom is -0.321 e. The van der Waals surface area contributed by atoms with Crippen LogP contribution in [0.1, 0.15) is 10.5 Å². The molecule has 1 aromatic heterocycles. The number of nitrogens with zero attached hydrogens (tertiary/aromatic N) is 2. The van der Waals surface area contributed by atoms with Crippen molar-refractivity contribution in [3.63, 3.8) is 0 Å². The van der Waals surface area contributed by atoms with E-state index in [0.717, 1.165) is 0 Å². The van der Waals surface area contributed by atoms with E-state index >= 15 is 0 Å². The Labute approximate surface area is 97.3 Å². The number of hydrogen-bond acceptors (Lipinski definition) is 3. The fraction of sp³-hybridized carbons (Fsp3) is 0. The summed E-state index contributed by atoms with van der Waals surface area (Å²) in [5.41, 5.74) is 0.942. The van der Waals surface area contributed by atoms with Crippen molar-refractivity contribution in [1.82, 2.24) is 9.97 Å². The van der Waals surface area contributed by atoms with E-state index in [-0.39, 0.29) is 16.8 Å². The summed E-state index contributed by atoms with van der Waals surface area (Å²) in [4.78, 5) is 19.3. The molecule has 4 nitrogen and oxygen atoms in total. The van der Waals surface area contributed by atoms with Crippen molar-refractivity contribution in [1.29, 1.82) is 0 Å². The van der Waals surface area contributed by atoms with Gasteiger partial charge in [0.2, 0.25) is 0 Å². The molecule has 0 saturated carbocycles. The van der Waals surface area contributed by atoms with E-state index < -0.39 is 0 Å². The first kappa shape index (κ1) is 10.6. The monoisotopic (exact) mass is 233 g/mol. The maximum atomic E-state index is 11.7. The number of halogens is 1. The number of benzene rings is 1. The fourth-order valence-electron chi connectivity index (χ4n) is 1.15. The summed E-state index contributed by atoms with van der Waals surface area (Å²) in [5, 5.41) is 2.95. The summed E-state index contributed by atoms with van der Waals surface area (Å²) in [6.07, 6.45) is 2.67.